The number of anilines is 1. The fourth-order valence-corrected chi connectivity index (χ4v) is 2.55. The maximum atomic E-state index is 12.7. The van der Waals surface area contributed by atoms with E-state index in [-0.39, 0.29) is 17.2 Å². The number of aromatic nitrogens is 1. The van der Waals surface area contributed by atoms with Crippen molar-refractivity contribution in [1.82, 2.24) is 9.88 Å². The van der Waals surface area contributed by atoms with Crippen LogP contribution in [0.25, 0.3) is 0 Å². The van der Waals surface area contributed by atoms with Crippen molar-refractivity contribution in [2.45, 2.75) is 26.9 Å². The van der Waals surface area contributed by atoms with Crippen LogP contribution in [0.1, 0.15) is 46.0 Å². The molecule has 0 saturated heterocycles. The van der Waals surface area contributed by atoms with Crippen molar-refractivity contribution in [2.75, 3.05) is 18.4 Å². The lowest BCUT2D eigenvalue weighted by atomic mass is 10.1. The quantitative estimate of drug-likeness (QED) is 0.849. The molecule has 0 unspecified atom stereocenters. The Hall–Kier alpha value is -2.90. The number of amides is 2. The van der Waals surface area contributed by atoms with Crippen LogP contribution in [0.2, 0.25) is 0 Å². The number of aryl methyl sites for hydroxylation is 1. The van der Waals surface area contributed by atoms with E-state index in [9.17, 15) is 22.8 Å². The smallest absolute Gasteiger partial charge is 0.339 e. The van der Waals surface area contributed by atoms with E-state index in [0.29, 0.717) is 24.3 Å². The number of benzene rings is 1. The van der Waals surface area contributed by atoms with Gasteiger partial charge in [0.05, 0.1) is 11.3 Å². The van der Waals surface area contributed by atoms with Crippen LogP contribution in [0.4, 0.5) is 18.9 Å². The summed E-state index contributed by atoms with van der Waals surface area (Å²) in [6.07, 6.45) is -4.56. The molecule has 2 aromatic rings. The largest absolute Gasteiger partial charge is 0.433 e. The molecular weight excluding hydrogens is 359 g/mol. The van der Waals surface area contributed by atoms with Crippen LogP contribution in [0.5, 0.6) is 0 Å². The number of rotatable bonds is 5. The number of nitrogens with zero attached hydrogens (tertiary/aromatic N) is 2. The van der Waals surface area contributed by atoms with E-state index >= 15 is 0 Å². The van der Waals surface area contributed by atoms with Gasteiger partial charge in [-0.25, -0.2) is 4.98 Å². The Morgan fingerprint density at radius 2 is 1.63 bits per heavy atom. The molecule has 0 aliphatic carbocycles. The number of hydrogen-bond acceptors (Lipinski definition) is 3. The maximum Gasteiger partial charge on any atom is 0.433 e. The molecule has 0 bridgehead atoms. The third kappa shape index (κ3) is 4.84. The second-order valence-corrected chi connectivity index (χ2v) is 5.84. The van der Waals surface area contributed by atoms with Crippen molar-refractivity contribution >= 4 is 17.5 Å². The Kier molecular flexibility index (Phi) is 6.20. The molecule has 27 heavy (non-hydrogen) atoms. The van der Waals surface area contributed by atoms with E-state index in [4.69, 9.17) is 0 Å². The van der Waals surface area contributed by atoms with Crippen molar-refractivity contribution in [3.05, 3.63) is 58.9 Å². The van der Waals surface area contributed by atoms with Gasteiger partial charge in [0, 0.05) is 24.3 Å². The van der Waals surface area contributed by atoms with Gasteiger partial charge in [-0.2, -0.15) is 13.2 Å². The molecule has 144 valence electrons. The third-order valence-corrected chi connectivity index (χ3v) is 4.06. The highest BCUT2D eigenvalue weighted by Crippen LogP contribution is 2.28. The molecule has 0 aliphatic heterocycles. The van der Waals surface area contributed by atoms with Crippen molar-refractivity contribution in [3.63, 3.8) is 0 Å². The van der Waals surface area contributed by atoms with E-state index < -0.39 is 17.8 Å². The first-order chi connectivity index (χ1) is 12.7. The summed E-state index contributed by atoms with van der Waals surface area (Å²) < 4.78 is 38.0. The van der Waals surface area contributed by atoms with Gasteiger partial charge < -0.3 is 10.2 Å². The Morgan fingerprint density at radius 1 is 1.04 bits per heavy atom. The van der Waals surface area contributed by atoms with Gasteiger partial charge in [0.15, 0.2) is 0 Å². The highest BCUT2D eigenvalue weighted by atomic mass is 19.4. The van der Waals surface area contributed by atoms with Crippen molar-refractivity contribution in [2.24, 2.45) is 0 Å². The van der Waals surface area contributed by atoms with Gasteiger partial charge in [-0.05, 0) is 57.2 Å². The topological polar surface area (TPSA) is 62.3 Å². The minimum Gasteiger partial charge on any atom is -0.339 e. The van der Waals surface area contributed by atoms with Crippen LogP contribution in [0.15, 0.2) is 36.4 Å². The zero-order valence-corrected chi connectivity index (χ0v) is 15.2. The van der Waals surface area contributed by atoms with Crippen molar-refractivity contribution in [3.8, 4) is 0 Å². The summed E-state index contributed by atoms with van der Waals surface area (Å²) in [5.41, 5.74) is -0.0998. The van der Waals surface area contributed by atoms with Crippen LogP contribution in [0.3, 0.4) is 0 Å². The molecule has 1 N–H and O–H groups in total. The number of hydrogen-bond donors (Lipinski definition) is 1. The molecule has 1 heterocycles. The van der Waals surface area contributed by atoms with Crippen molar-refractivity contribution < 1.29 is 22.8 Å². The van der Waals surface area contributed by atoms with Gasteiger partial charge in [-0.15, -0.1) is 0 Å². The molecule has 0 aliphatic rings. The van der Waals surface area contributed by atoms with Gasteiger partial charge in [0.2, 0.25) is 0 Å². The molecular formula is C19H20F3N3O2. The number of pyridine rings is 1. The summed E-state index contributed by atoms with van der Waals surface area (Å²) in [4.78, 5) is 29.7. The van der Waals surface area contributed by atoms with Gasteiger partial charge in [0.1, 0.15) is 5.69 Å². The first-order valence-electron chi connectivity index (χ1n) is 8.42. The number of nitrogens with one attached hydrogen (secondary N) is 1. The average Bonchev–Trinajstić information content (AvgIpc) is 2.62. The van der Waals surface area contributed by atoms with E-state index in [0.717, 1.165) is 12.1 Å². The first-order valence-corrected chi connectivity index (χ1v) is 8.42. The number of carbonyl (C=O) groups excluding carboxylic acids is 2. The van der Waals surface area contributed by atoms with Crippen LogP contribution in [-0.2, 0) is 6.18 Å². The fraction of sp³-hybridized carbons (Fsp3) is 0.316. The summed E-state index contributed by atoms with van der Waals surface area (Å²) in [7, 11) is 0. The minimum absolute atomic E-state index is 0.0179. The molecule has 0 saturated carbocycles. The molecule has 1 aromatic heterocycles. The van der Waals surface area contributed by atoms with Gasteiger partial charge >= 0.3 is 6.18 Å². The van der Waals surface area contributed by atoms with Gasteiger partial charge in [-0.1, -0.05) is 0 Å². The summed E-state index contributed by atoms with van der Waals surface area (Å²) in [5, 5.41) is 2.60. The Labute approximate surface area is 155 Å². The average molecular weight is 379 g/mol. The highest BCUT2D eigenvalue weighted by molar-refractivity contribution is 6.05. The monoisotopic (exact) mass is 379 g/mol. The fourth-order valence-electron chi connectivity index (χ4n) is 2.55. The standard InChI is InChI=1S/C19H20F3N3O2/c1-4-25(5-2)18(27)13-6-8-14(9-7-13)24-17(26)15-10-11-16(19(20,21)22)23-12(15)3/h6-11H,4-5H2,1-3H3,(H,24,26). The zero-order valence-electron chi connectivity index (χ0n) is 15.2. The van der Waals surface area contributed by atoms with Crippen LogP contribution < -0.4 is 5.32 Å². The SMILES string of the molecule is CCN(CC)C(=O)c1ccc(NC(=O)c2ccc(C(F)(F)F)nc2C)cc1. The second kappa shape index (κ2) is 8.20. The molecule has 0 atom stereocenters. The molecule has 8 heteroatoms. The van der Waals surface area contributed by atoms with E-state index in [1.54, 1.807) is 29.2 Å². The predicted octanol–water partition coefficient (Wildman–Crippen LogP) is 4.14. The zero-order chi connectivity index (χ0) is 20.2. The van der Waals surface area contributed by atoms with E-state index in [1.165, 1.54) is 6.92 Å². The molecule has 0 spiro atoms. The number of alkyl halides is 3. The lowest BCUT2D eigenvalue weighted by molar-refractivity contribution is -0.141. The second-order valence-electron chi connectivity index (χ2n) is 5.84. The molecule has 5 nitrogen and oxygen atoms in total. The Bertz CT molecular complexity index is 829. The molecule has 0 radical (unpaired) electrons. The molecule has 1 aromatic carbocycles. The summed E-state index contributed by atoms with van der Waals surface area (Å²) in [6.45, 7) is 6.30. The normalized spacial score (nSPS) is 11.2. The van der Waals surface area contributed by atoms with Crippen LogP contribution in [0, 0.1) is 6.92 Å². The van der Waals surface area contributed by atoms with Crippen LogP contribution in [-0.4, -0.2) is 34.8 Å². The molecule has 0 fully saturated rings. The first kappa shape index (κ1) is 20.4. The summed E-state index contributed by atoms with van der Waals surface area (Å²) in [5.74, 6) is -0.683. The minimum atomic E-state index is -4.56. The van der Waals surface area contributed by atoms with Crippen molar-refractivity contribution in [1.29, 1.82) is 0 Å². The van der Waals surface area contributed by atoms with E-state index in [1.807, 2.05) is 13.8 Å². The lowest BCUT2D eigenvalue weighted by Crippen LogP contribution is -2.30. The van der Waals surface area contributed by atoms with Gasteiger partial charge in [-0.3, -0.25) is 9.59 Å². The lowest BCUT2D eigenvalue weighted by Gasteiger charge is -2.18. The summed E-state index contributed by atoms with van der Waals surface area (Å²) >= 11 is 0. The molecule has 2 amide bonds. The predicted molar refractivity (Wildman–Crippen MR) is 95.6 cm³/mol. The Morgan fingerprint density at radius 3 is 2.11 bits per heavy atom. The maximum absolute atomic E-state index is 12.7. The summed E-state index contributed by atoms with van der Waals surface area (Å²) in [6, 6.07) is 8.19. The van der Waals surface area contributed by atoms with Gasteiger partial charge in [0.25, 0.3) is 11.8 Å². The third-order valence-electron chi connectivity index (χ3n) is 4.06. The molecule has 2 rings (SSSR count). The highest BCUT2D eigenvalue weighted by Gasteiger charge is 2.33. The van der Waals surface area contributed by atoms with E-state index in [2.05, 4.69) is 10.3 Å². The van der Waals surface area contributed by atoms with Crippen LogP contribution >= 0.6 is 0 Å². The Balaban J connectivity index is 2.13. The number of carbonyl (C=O) groups is 2. The number of halogens is 3.